The first-order valence-electron chi connectivity index (χ1n) is 10.5. The van der Waals surface area contributed by atoms with E-state index < -0.39 is 5.97 Å². The smallest absolute Gasteiger partial charge is 0.330 e. The molecule has 0 spiro atoms. The monoisotopic (exact) mass is 516 g/mol. The number of aryl methyl sites for hydroxylation is 1. The van der Waals surface area contributed by atoms with Gasteiger partial charge in [-0.3, -0.25) is 0 Å². The molecule has 0 amide bonds. The lowest BCUT2D eigenvalue weighted by Gasteiger charge is -2.12. The molecule has 0 bridgehead atoms. The van der Waals surface area contributed by atoms with Crippen molar-refractivity contribution in [3.8, 4) is 5.75 Å². The molecular formula is C23H34Br2O3. The van der Waals surface area contributed by atoms with Gasteiger partial charge in [0.15, 0.2) is 0 Å². The second kappa shape index (κ2) is 16.0. The molecule has 1 aromatic rings. The summed E-state index contributed by atoms with van der Waals surface area (Å²) in [5, 5.41) is 0. The number of halogens is 2. The van der Waals surface area contributed by atoms with Crippen molar-refractivity contribution in [1.29, 1.82) is 0 Å². The van der Waals surface area contributed by atoms with Crippen LogP contribution in [0.4, 0.5) is 0 Å². The summed E-state index contributed by atoms with van der Waals surface area (Å²) in [6, 6.07) is 4.23. The van der Waals surface area contributed by atoms with Crippen molar-refractivity contribution in [2.24, 2.45) is 0 Å². The van der Waals surface area contributed by atoms with E-state index in [2.05, 4.69) is 57.5 Å². The van der Waals surface area contributed by atoms with Gasteiger partial charge >= 0.3 is 5.97 Å². The maximum Gasteiger partial charge on any atom is 0.330 e. The standard InChI is InChI=1S/C23H34Br2O3/c1-3-5-6-7-8-9-10-11-12-13-14-19-17-20(24)23(21(25)18-19)28-16-15-27-22(26)4-2/h4,17-18H,2-3,5-16H2,1H3. The van der Waals surface area contributed by atoms with E-state index in [9.17, 15) is 4.79 Å². The maximum atomic E-state index is 11.0. The molecular weight excluding hydrogens is 484 g/mol. The number of hydrogen-bond donors (Lipinski definition) is 0. The summed E-state index contributed by atoms with van der Waals surface area (Å²) in [4.78, 5) is 11.0. The summed E-state index contributed by atoms with van der Waals surface area (Å²) in [6.45, 7) is 6.13. The third-order valence-corrected chi connectivity index (χ3v) is 5.80. The lowest BCUT2D eigenvalue weighted by molar-refractivity contribution is -0.138. The number of rotatable bonds is 16. The molecule has 1 rings (SSSR count). The summed E-state index contributed by atoms with van der Waals surface area (Å²) in [5.74, 6) is 0.301. The Morgan fingerprint density at radius 1 is 0.929 bits per heavy atom. The molecule has 158 valence electrons. The second-order valence-corrected chi connectivity index (χ2v) is 8.75. The van der Waals surface area contributed by atoms with Crippen LogP contribution in [0, 0.1) is 0 Å². The number of esters is 1. The highest BCUT2D eigenvalue weighted by Gasteiger charge is 2.09. The van der Waals surface area contributed by atoms with E-state index >= 15 is 0 Å². The molecule has 5 heteroatoms. The topological polar surface area (TPSA) is 35.5 Å². The van der Waals surface area contributed by atoms with E-state index in [0.29, 0.717) is 6.61 Å². The minimum Gasteiger partial charge on any atom is -0.488 e. The van der Waals surface area contributed by atoms with E-state index in [1.165, 1.54) is 69.8 Å². The Morgan fingerprint density at radius 2 is 1.46 bits per heavy atom. The molecule has 0 N–H and O–H groups in total. The van der Waals surface area contributed by atoms with E-state index in [4.69, 9.17) is 9.47 Å². The van der Waals surface area contributed by atoms with E-state index in [-0.39, 0.29) is 6.61 Å². The average molecular weight is 518 g/mol. The molecule has 3 nitrogen and oxygen atoms in total. The van der Waals surface area contributed by atoms with Crippen LogP contribution in [0.25, 0.3) is 0 Å². The Kier molecular flexibility index (Phi) is 14.4. The average Bonchev–Trinajstić information content (AvgIpc) is 2.68. The molecule has 28 heavy (non-hydrogen) atoms. The summed E-state index contributed by atoms with van der Waals surface area (Å²) >= 11 is 7.17. The molecule has 0 aliphatic heterocycles. The Hall–Kier alpha value is -0.810. The van der Waals surface area contributed by atoms with Crippen molar-refractivity contribution in [3.05, 3.63) is 39.3 Å². The van der Waals surface area contributed by atoms with Crippen LogP contribution in [-0.4, -0.2) is 19.2 Å². The first kappa shape index (κ1) is 25.2. The molecule has 0 fully saturated rings. The summed E-state index contributed by atoms with van der Waals surface area (Å²) in [6.07, 6.45) is 15.7. The van der Waals surface area contributed by atoms with E-state index in [1.54, 1.807) is 0 Å². The predicted molar refractivity (Wildman–Crippen MR) is 124 cm³/mol. The van der Waals surface area contributed by atoms with Crippen LogP contribution in [0.1, 0.15) is 76.7 Å². The zero-order valence-electron chi connectivity index (χ0n) is 17.1. The lowest BCUT2D eigenvalue weighted by atomic mass is 10.0. The molecule has 0 saturated heterocycles. The predicted octanol–water partition coefficient (Wildman–Crippen LogP) is 7.78. The molecule has 0 aliphatic rings. The Balaban J connectivity index is 2.23. The van der Waals surface area contributed by atoms with Crippen molar-refractivity contribution < 1.29 is 14.3 Å². The fourth-order valence-corrected chi connectivity index (χ4v) is 4.57. The van der Waals surface area contributed by atoms with Crippen LogP contribution in [0.5, 0.6) is 5.75 Å². The minimum absolute atomic E-state index is 0.199. The number of benzene rings is 1. The molecule has 0 radical (unpaired) electrons. The SMILES string of the molecule is C=CC(=O)OCCOc1c(Br)cc(CCCCCCCCCCCC)cc1Br. The van der Waals surface area contributed by atoms with Crippen LogP contribution >= 0.6 is 31.9 Å². The van der Waals surface area contributed by atoms with Gasteiger partial charge in [0.25, 0.3) is 0 Å². The van der Waals surface area contributed by atoms with Gasteiger partial charge in [0.2, 0.25) is 0 Å². The van der Waals surface area contributed by atoms with Gasteiger partial charge in [-0.05, 0) is 62.4 Å². The van der Waals surface area contributed by atoms with Gasteiger partial charge in [-0.25, -0.2) is 4.79 Å². The third kappa shape index (κ3) is 11.3. The van der Waals surface area contributed by atoms with Gasteiger partial charge in [-0.1, -0.05) is 71.3 Å². The number of ether oxygens (including phenoxy) is 2. The highest BCUT2D eigenvalue weighted by molar-refractivity contribution is 9.11. The van der Waals surface area contributed by atoms with Crippen LogP contribution in [0.2, 0.25) is 0 Å². The molecule has 0 unspecified atom stereocenters. The molecule has 1 aromatic carbocycles. The number of carbonyl (C=O) groups excluding carboxylic acids is 1. The van der Waals surface area contributed by atoms with Gasteiger partial charge in [0.1, 0.15) is 19.0 Å². The molecule has 0 atom stereocenters. The minimum atomic E-state index is -0.437. The summed E-state index contributed by atoms with van der Waals surface area (Å²) in [5.41, 5.74) is 1.30. The summed E-state index contributed by atoms with van der Waals surface area (Å²) in [7, 11) is 0. The van der Waals surface area contributed by atoms with Crippen LogP contribution in [0.15, 0.2) is 33.7 Å². The quantitative estimate of drug-likeness (QED) is 0.127. The van der Waals surface area contributed by atoms with Gasteiger partial charge < -0.3 is 9.47 Å². The third-order valence-electron chi connectivity index (χ3n) is 4.62. The van der Waals surface area contributed by atoms with Crippen molar-refractivity contribution in [1.82, 2.24) is 0 Å². The van der Waals surface area contributed by atoms with Crippen molar-refractivity contribution in [2.75, 3.05) is 13.2 Å². The number of unbranched alkanes of at least 4 members (excludes halogenated alkanes) is 9. The van der Waals surface area contributed by atoms with Crippen molar-refractivity contribution in [2.45, 2.75) is 77.6 Å². The fraction of sp³-hybridized carbons (Fsp3) is 0.609. The number of hydrogen-bond acceptors (Lipinski definition) is 3. The number of carbonyl (C=O) groups is 1. The van der Waals surface area contributed by atoms with E-state index in [1.807, 2.05) is 0 Å². The highest BCUT2D eigenvalue weighted by atomic mass is 79.9. The normalized spacial score (nSPS) is 10.7. The molecule has 0 heterocycles. The van der Waals surface area contributed by atoms with Gasteiger partial charge in [0.05, 0.1) is 8.95 Å². The largest absolute Gasteiger partial charge is 0.488 e. The first-order valence-corrected chi connectivity index (χ1v) is 12.1. The van der Waals surface area contributed by atoms with Crippen molar-refractivity contribution >= 4 is 37.8 Å². The van der Waals surface area contributed by atoms with Crippen molar-refractivity contribution in [3.63, 3.8) is 0 Å². The molecule has 0 saturated carbocycles. The zero-order chi connectivity index (χ0) is 20.6. The Labute approximate surface area is 187 Å². The zero-order valence-corrected chi connectivity index (χ0v) is 20.3. The fourth-order valence-electron chi connectivity index (χ4n) is 3.06. The van der Waals surface area contributed by atoms with Crippen LogP contribution in [-0.2, 0) is 16.0 Å². The Bertz CT molecular complexity index is 564. The summed E-state index contributed by atoms with van der Waals surface area (Å²) < 4.78 is 12.5. The highest BCUT2D eigenvalue weighted by Crippen LogP contribution is 2.35. The van der Waals surface area contributed by atoms with Crippen LogP contribution in [0.3, 0.4) is 0 Å². The Morgan fingerprint density at radius 3 is 2.00 bits per heavy atom. The second-order valence-electron chi connectivity index (χ2n) is 7.04. The molecule has 0 aliphatic carbocycles. The first-order chi connectivity index (χ1) is 13.6. The van der Waals surface area contributed by atoms with E-state index in [0.717, 1.165) is 27.2 Å². The van der Waals surface area contributed by atoms with Gasteiger partial charge in [0, 0.05) is 6.08 Å². The van der Waals surface area contributed by atoms with Gasteiger partial charge in [-0.15, -0.1) is 0 Å². The van der Waals surface area contributed by atoms with Crippen LogP contribution < -0.4 is 4.74 Å². The maximum absolute atomic E-state index is 11.0. The van der Waals surface area contributed by atoms with Gasteiger partial charge in [-0.2, -0.15) is 0 Å². The lowest BCUT2D eigenvalue weighted by Crippen LogP contribution is -2.10. The molecule has 0 aromatic heterocycles.